The number of hydrogen-bond donors (Lipinski definition) is 3. The zero-order chi connectivity index (χ0) is 18.4. The minimum atomic E-state index is -0.918. The van der Waals surface area contributed by atoms with Gasteiger partial charge in [0.2, 0.25) is 10.8 Å². The van der Waals surface area contributed by atoms with E-state index in [4.69, 9.17) is 0 Å². The van der Waals surface area contributed by atoms with Crippen LogP contribution in [-0.2, 0) is 0 Å². The number of thiazole rings is 1. The molecule has 0 amide bonds. The third-order valence-electron chi connectivity index (χ3n) is 4.85. The van der Waals surface area contributed by atoms with Gasteiger partial charge >= 0.3 is 0 Å². The number of aliphatic hydroxyl groups is 1. The lowest BCUT2D eigenvalue weighted by Crippen LogP contribution is -3.13. The first-order chi connectivity index (χ1) is 12.4. The zero-order valence-corrected chi connectivity index (χ0v) is 14.9. The van der Waals surface area contributed by atoms with Gasteiger partial charge in [0.25, 0.3) is 0 Å². The van der Waals surface area contributed by atoms with Crippen molar-refractivity contribution in [1.82, 2.24) is 14.6 Å². The first kappa shape index (κ1) is 17.3. The van der Waals surface area contributed by atoms with Gasteiger partial charge in [-0.05, 0) is 25.1 Å². The van der Waals surface area contributed by atoms with Gasteiger partial charge in [-0.25, -0.2) is 13.8 Å². The lowest BCUT2D eigenvalue weighted by atomic mass is 9.99. The fourth-order valence-corrected chi connectivity index (χ4v) is 4.75. The average molecular weight is 381 g/mol. The summed E-state index contributed by atoms with van der Waals surface area (Å²) in [6, 6.07) is 3.44. The van der Waals surface area contributed by atoms with Gasteiger partial charge in [-0.3, -0.25) is 0 Å². The Morgan fingerprint density at radius 3 is 2.65 bits per heavy atom. The number of rotatable bonds is 3. The lowest BCUT2D eigenvalue weighted by Gasteiger charge is -2.33. The molecule has 1 atom stereocenters. The molecular formula is C17H19F2N4O2S+. The Morgan fingerprint density at radius 2 is 2.00 bits per heavy atom. The molecule has 9 heteroatoms. The highest BCUT2D eigenvalue weighted by Crippen LogP contribution is 2.35. The number of aromatic hydroxyl groups is 1. The van der Waals surface area contributed by atoms with Gasteiger partial charge in [0.15, 0.2) is 17.7 Å². The van der Waals surface area contributed by atoms with Crippen molar-refractivity contribution in [2.45, 2.75) is 31.9 Å². The first-order valence-electron chi connectivity index (χ1n) is 8.46. The molecule has 1 saturated heterocycles. The number of benzene rings is 1. The molecule has 1 aliphatic rings. The molecule has 0 unspecified atom stereocenters. The SMILES string of the molecule is Cc1nc2sc([C@@H](c3ccc(F)c(F)c3)[NH+]3CCC(O)CC3)c(O)n2n1. The number of likely N-dealkylation sites (tertiary alicyclic amines) is 1. The van der Waals surface area contributed by atoms with Crippen molar-refractivity contribution in [3.05, 3.63) is 46.1 Å². The van der Waals surface area contributed by atoms with Crippen LogP contribution in [0.25, 0.3) is 4.96 Å². The number of aromatic nitrogens is 3. The van der Waals surface area contributed by atoms with Crippen molar-refractivity contribution >= 4 is 16.3 Å². The van der Waals surface area contributed by atoms with Crippen LogP contribution in [0.3, 0.4) is 0 Å². The Labute approximate surface area is 152 Å². The Balaban J connectivity index is 1.82. The maximum absolute atomic E-state index is 13.9. The second-order valence-electron chi connectivity index (χ2n) is 6.64. The first-order valence-corrected chi connectivity index (χ1v) is 9.28. The van der Waals surface area contributed by atoms with E-state index in [1.54, 1.807) is 13.0 Å². The van der Waals surface area contributed by atoms with Crippen LogP contribution >= 0.6 is 11.3 Å². The van der Waals surface area contributed by atoms with Crippen molar-refractivity contribution < 1.29 is 23.9 Å². The van der Waals surface area contributed by atoms with E-state index in [9.17, 15) is 19.0 Å². The molecule has 0 aliphatic carbocycles. The quantitative estimate of drug-likeness (QED) is 0.638. The van der Waals surface area contributed by atoms with Crippen molar-refractivity contribution in [3.63, 3.8) is 0 Å². The zero-order valence-electron chi connectivity index (χ0n) is 14.1. The number of nitrogens with one attached hydrogen (secondary N) is 1. The standard InChI is InChI=1S/C17H18F2N4O2S/c1-9-20-17-23(21-9)16(25)15(26-17)14(22-6-4-11(24)5-7-22)10-2-3-12(18)13(19)8-10/h2-3,8,11,14,24-25H,4-7H2,1H3/p+1/t14-/m1/s1. The van der Waals surface area contributed by atoms with E-state index in [2.05, 4.69) is 10.1 Å². The van der Waals surface area contributed by atoms with Crippen LogP contribution in [0, 0.1) is 18.6 Å². The van der Waals surface area contributed by atoms with Gasteiger partial charge in [0.05, 0.1) is 19.2 Å². The van der Waals surface area contributed by atoms with Crippen LogP contribution in [0.15, 0.2) is 18.2 Å². The molecule has 0 radical (unpaired) electrons. The van der Waals surface area contributed by atoms with E-state index in [1.807, 2.05) is 0 Å². The number of nitrogens with zero attached hydrogens (tertiary/aromatic N) is 3. The summed E-state index contributed by atoms with van der Waals surface area (Å²) >= 11 is 1.29. The lowest BCUT2D eigenvalue weighted by molar-refractivity contribution is -0.931. The van der Waals surface area contributed by atoms with Gasteiger partial charge < -0.3 is 15.1 Å². The monoisotopic (exact) mass is 381 g/mol. The van der Waals surface area contributed by atoms with E-state index < -0.39 is 11.6 Å². The summed E-state index contributed by atoms with van der Waals surface area (Å²) in [6.07, 6.45) is 0.898. The predicted molar refractivity (Wildman–Crippen MR) is 91.4 cm³/mol. The highest BCUT2D eigenvalue weighted by Gasteiger charge is 2.35. The highest BCUT2D eigenvalue weighted by atomic mass is 32.1. The third-order valence-corrected chi connectivity index (χ3v) is 5.94. The molecular weight excluding hydrogens is 362 g/mol. The molecule has 6 nitrogen and oxygen atoms in total. The summed E-state index contributed by atoms with van der Waals surface area (Å²) in [5.74, 6) is -1.30. The summed E-state index contributed by atoms with van der Waals surface area (Å²) in [6.45, 7) is 3.07. The number of aryl methyl sites for hydroxylation is 1. The van der Waals surface area contributed by atoms with Gasteiger partial charge in [-0.15, -0.1) is 5.10 Å². The summed E-state index contributed by atoms with van der Waals surface area (Å²) in [4.78, 5) is 6.53. The van der Waals surface area contributed by atoms with Gasteiger partial charge in [0.1, 0.15) is 10.7 Å². The number of halogens is 2. The average Bonchev–Trinajstić information content (AvgIpc) is 3.11. The normalized spacial score (nSPS) is 22.0. The smallest absolute Gasteiger partial charge is 0.235 e. The fraction of sp³-hybridized carbons (Fsp3) is 0.412. The molecule has 1 aliphatic heterocycles. The molecule has 26 heavy (non-hydrogen) atoms. The molecule has 1 fully saturated rings. The van der Waals surface area contributed by atoms with Crippen LogP contribution in [0.1, 0.15) is 35.1 Å². The molecule has 0 saturated carbocycles. The molecule has 4 rings (SSSR count). The predicted octanol–water partition coefficient (Wildman–Crippen LogP) is 1.21. The van der Waals surface area contributed by atoms with Gasteiger partial charge in [-0.2, -0.15) is 4.52 Å². The molecule has 0 bridgehead atoms. The molecule has 1 aromatic carbocycles. The Bertz CT molecular complexity index is 950. The Morgan fingerprint density at radius 1 is 1.27 bits per heavy atom. The second-order valence-corrected chi connectivity index (χ2v) is 7.65. The minimum absolute atomic E-state index is 0.0287. The summed E-state index contributed by atoms with van der Waals surface area (Å²) in [5.41, 5.74) is 0.576. The number of hydrogen-bond acceptors (Lipinski definition) is 5. The number of fused-ring (bicyclic) bond motifs is 1. The van der Waals surface area contributed by atoms with Gasteiger partial charge in [0, 0.05) is 18.4 Å². The van der Waals surface area contributed by atoms with E-state index in [1.165, 1.54) is 21.9 Å². The Hall–Kier alpha value is -2.10. The molecule has 0 spiro atoms. The number of piperidine rings is 1. The summed E-state index contributed by atoms with van der Waals surface area (Å²) in [7, 11) is 0. The minimum Gasteiger partial charge on any atom is -0.492 e. The highest BCUT2D eigenvalue weighted by molar-refractivity contribution is 7.17. The molecule has 138 valence electrons. The molecule has 3 aromatic rings. The maximum Gasteiger partial charge on any atom is 0.235 e. The number of aliphatic hydroxyl groups excluding tert-OH is 1. The van der Waals surface area contributed by atoms with Gasteiger partial charge in [-0.1, -0.05) is 11.3 Å². The van der Waals surface area contributed by atoms with Crippen molar-refractivity contribution in [2.75, 3.05) is 13.1 Å². The Kier molecular flexibility index (Phi) is 4.37. The van der Waals surface area contributed by atoms with Crippen LogP contribution in [0.5, 0.6) is 5.88 Å². The summed E-state index contributed by atoms with van der Waals surface area (Å²) in [5, 5.41) is 24.7. The second kappa shape index (κ2) is 6.57. The largest absolute Gasteiger partial charge is 0.492 e. The molecule has 3 heterocycles. The summed E-state index contributed by atoms with van der Waals surface area (Å²) < 4.78 is 28.7. The number of quaternary nitrogens is 1. The fourth-order valence-electron chi connectivity index (χ4n) is 3.56. The topological polar surface area (TPSA) is 75.1 Å². The van der Waals surface area contributed by atoms with E-state index in [-0.39, 0.29) is 18.0 Å². The van der Waals surface area contributed by atoms with Crippen LogP contribution in [0.4, 0.5) is 8.78 Å². The van der Waals surface area contributed by atoms with Crippen LogP contribution < -0.4 is 4.90 Å². The molecule has 2 aromatic heterocycles. The third kappa shape index (κ3) is 2.95. The van der Waals surface area contributed by atoms with E-state index >= 15 is 0 Å². The molecule has 3 N–H and O–H groups in total. The van der Waals surface area contributed by atoms with Crippen LogP contribution in [0.2, 0.25) is 0 Å². The van der Waals surface area contributed by atoms with Crippen molar-refractivity contribution in [2.24, 2.45) is 0 Å². The van der Waals surface area contributed by atoms with Crippen molar-refractivity contribution in [1.29, 1.82) is 0 Å². The maximum atomic E-state index is 13.9. The van der Waals surface area contributed by atoms with Crippen molar-refractivity contribution in [3.8, 4) is 5.88 Å². The van der Waals surface area contributed by atoms with E-state index in [0.29, 0.717) is 47.2 Å². The van der Waals surface area contributed by atoms with E-state index in [0.717, 1.165) is 11.0 Å². The van der Waals surface area contributed by atoms with Crippen LogP contribution in [-0.4, -0.2) is 44.0 Å².